The van der Waals surface area contributed by atoms with Gasteiger partial charge in [-0.2, -0.15) is 0 Å². The molecule has 0 heterocycles. The zero-order chi connectivity index (χ0) is 14.5. The molecule has 0 fully saturated rings. The highest BCUT2D eigenvalue weighted by Crippen LogP contribution is 2.20. The third kappa shape index (κ3) is 4.13. The SMILES string of the molecule is CNC(C)(CCOc1cccc(N(C)C)c1)C(=O)O. The van der Waals surface area contributed by atoms with E-state index in [2.05, 4.69) is 5.32 Å². The van der Waals surface area contributed by atoms with E-state index in [-0.39, 0.29) is 0 Å². The zero-order valence-corrected chi connectivity index (χ0v) is 11.9. The van der Waals surface area contributed by atoms with E-state index in [1.54, 1.807) is 14.0 Å². The number of carboxylic acids is 1. The number of benzene rings is 1. The molecule has 1 unspecified atom stereocenters. The minimum atomic E-state index is -0.959. The van der Waals surface area contributed by atoms with Crippen molar-refractivity contribution in [1.29, 1.82) is 0 Å². The molecule has 0 radical (unpaired) electrons. The van der Waals surface area contributed by atoms with Crippen LogP contribution in [0.2, 0.25) is 0 Å². The number of hydrogen-bond donors (Lipinski definition) is 2. The van der Waals surface area contributed by atoms with E-state index >= 15 is 0 Å². The van der Waals surface area contributed by atoms with Gasteiger partial charge in [0.15, 0.2) is 0 Å². The van der Waals surface area contributed by atoms with Gasteiger partial charge in [-0.3, -0.25) is 4.79 Å². The van der Waals surface area contributed by atoms with Gasteiger partial charge in [-0.15, -0.1) is 0 Å². The summed E-state index contributed by atoms with van der Waals surface area (Å²) in [6.45, 7) is 2.00. The van der Waals surface area contributed by atoms with E-state index in [0.29, 0.717) is 13.0 Å². The van der Waals surface area contributed by atoms with Crippen molar-refractivity contribution < 1.29 is 14.6 Å². The second-order valence-corrected chi connectivity index (χ2v) is 4.88. The monoisotopic (exact) mass is 266 g/mol. The number of ether oxygens (including phenoxy) is 1. The molecule has 0 aromatic heterocycles. The minimum Gasteiger partial charge on any atom is -0.493 e. The first-order valence-corrected chi connectivity index (χ1v) is 6.21. The number of aliphatic carboxylic acids is 1. The highest BCUT2D eigenvalue weighted by Gasteiger charge is 2.30. The summed E-state index contributed by atoms with van der Waals surface area (Å²) in [5.74, 6) is -0.129. The summed E-state index contributed by atoms with van der Waals surface area (Å²) in [4.78, 5) is 13.1. The third-order valence-electron chi connectivity index (χ3n) is 3.23. The maximum atomic E-state index is 11.1. The number of hydrogen-bond acceptors (Lipinski definition) is 4. The summed E-state index contributed by atoms with van der Waals surface area (Å²) in [6, 6.07) is 7.70. The Morgan fingerprint density at radius 1 is 1.47 bits per heavy atom. The quantitative estimate of drug-likeness (QED) is 0.784. The Balaban J connectivity index is 2.58. The molecule has 2 N–H and O–H groups in total. The predicted octanol–water partition coefficient (Wildman–Crippen LogP) is 1.58. The van der Waals surface area contributed by atoms with Gasteiger partial charge < -0.3 is 20.1 Å². The summed E-state index contributed by atoms with van der Waals surface area (Å²) < 4.78 is 5.61. The standard InChI is InChI=1S/C14H22N2O3/c1-14(15-2,13(17)18)8-9-19-12-7-5-6-11(10-12)16(3)4/h5-7,10,15H,8-9H2,1-4H3,(H,17,18). The van der Waals surface area contributed by atoms with E-state index in [0.717, 1.165) is 11.4 Å². The number of carbonyl (C=O) groups is 1. The molecule has 5 nitrogen and oxygen atoms in total. The van der Waals surface area contributed by atoms with Crippen molar-refractivity contribution in [2.75, 3.05) is 32.6 Å². The summed E-state index contributed by atoms with van der Waals surface area (Å²) in [5.41, 5.74) is 0.0891. The Morgan fingerprint density at radius 3 is 2.68 bits per heavy atom. The number of likely N-dealkylation sites (N-methyl/N-ethyl adjacent to an activating group) is 1. The lowest BCUT2D eigenvalue weighted by atomic mass is 9.99. The van der Waals surface area contributed by atoms with Crippen LogP contribution in [-0.2, 0) is 4.79 Å². The van der Waals surface area contributed by atoms with E-state index in [1.807, 2.05) is 43.3 Å². The zero-order valence-electron chi connectivity index (χ0n) is 11.9. The van der Waals surface area contributed by atoms with Gasteiger partial charge in [0.25, 0.3) is 0 Å². The molecule has 0 bridgehead atoms. The van der Waals surface area contributed by atoms with Crippen molar-refractivity contribution in [3.05, 3.63) is 24.3 Å². The number of rotatable bonds is 7. The van der Waals surface area contributed by atoms with Crippen molar-refractivity contribution in [2.24, 2.45) is 0 Å². The largest absolute Gasteiger partial charge is 0.493 e. The Kier molecular flexibility index (Phi) is 5.18. The molecular weight excluding hydrogens is 244 g/mol. The second-order valence-electron chi connectivity index (χ2n) is 4.88. The number of anilines is 1. The Hall–Kier alpha value is -1.75. The molecule has 0 aliphatic heterocycles. The van der Waals surface area contributed by atoms with Crippen LogP contribution in [0.4, 0.5) is 5.69 Å². The van der Waals surface area contributed by atoms with Crippen LogP contribution in [0.5, 0.6) is 5.75 Å². The normalized spacial score (nSPS) is 13.7. The molecule has 19 heavy (non-hydrogen) atoms. The lowest BCUT2D eigenvalue weighted by Gasteiger charge is -2.24. The number of nitrogens with zero attached hydrogens (tertiary/aromatic N) is 1. The van der Waals surface area contributed by atoms with Crippen LogP contribution in [-0.4, -0.2) is 44.4 Å². The summed E-state index contributed by atoms with van der Waals surface area (Å²) in [5, 5.41) is 11.9. The van der Waals surface area contributed by atoms with Crippen LogP contribution in [0.1, 0.15) is 13.3 Å². The van der Waals surface area contributed by atoms with Gasteiger partial charge in [0.2, 0.25) is 0 Å². The first kappa shape index (κ1) is 15.3. The number of carboxylic acid groups (broad SMARTS) is 1. The average molecular weight is 266 g/mol. The van der Waals surface area contributed by atoms with E-state index in [9.17, 15) is 4.79 Å². The van der Waals surface area contributed by atoms with Gasteiger partial charge >= 0.3 is 5.97 Å². The fourth-order valence-electron chi connectivity index (χ4n) is 1.56. The smallest absolute Gasteiger partial charge is 0.323 e. The molecule has 106 valence electrons. The van der Waals surface area contributed by atoms with Gasteiger partial charge in [0, 0.05) is 32.3 Å². The van der Waals surface area contributed by atoms with E-state index in [4.69, 9.17) is 9.84 Å². The van der Waals surface area contributed by atoms with Crippen molar-refractivity contribution in [2.45, 2.75) is 18.9 Å². The molecule has 0 amide bonds. The molecule has 1 aromatic carbocycles. The molecule has 1 atom stereocenters. The van der Waals surface area contributed by atoms with Crippen LogP contribution in [0.25, 0.3) is 0 Å². The van der Waals surface area contributed by atoms with Gasteiger partial charge in [0.1, 0.15) is 11.3 Å². The number of nitrogens with one attached hydrogen (secondary N) is 1. The fourth-order valence-corrected chi connectivity index (χ4v) is 1.56. The fraction of sp³-hybridized carbons (Fsp3) is 0.500. The van der Waals surface area contributed by atoms with Gasteiger partial charge in [0.05, 0.1) is 6.61 Å². The lowest BCUT2D eigenvalue weighted by Crippen LogP contribution is -2.48. The Morgan fingerprint density at radius 2 is 2.16 bits per heavy atom. The maximum absolute atomic E-state index is 11.1. The minimum absolute atomic E-state index is 0.348. The average Bonchev–Trinajstić information content (AvgIpc) is 2.38. The van der Waals surface area contributed by atoms with Crippen molar-refractivity contribution >= 4 is 11.7 Å². The van der Waals surface area contributed by atoms with Crippen LogP contribution in [0.15, 0.2) is 24.3 Å². The van der Waals surface area contributed by atoms with Gasteiger partial charge in [-0.05, 0) is 26.1 Å². The molecule has 0 aliphatic rings. The second kappa shape index (κ2) is 6.43. The lowest BCUT2D eigenvalue weighted by molar-refractivity contribution is -0.144. The first-order valence-electron chi connectivity index (χ1n) is 6.21. The molecule has 0 saturated carbocycles. The highest BCUT2D eigenvalue weighted by atomic mass is 16.5. The van der Waals surface area contributed by atoms with E-state index < -0.39 is 11.5 Å². The van der Waals surface area contributed by atoms with Crippen molar-refractivity contribution in [3.8, 4) is 5.75 Å². The molecule has 0 aliphatic carbocycles. The Bertz CT molecular complexity index is 434. The predicted molar refractivity (Wildman–Crippen MR) is 76.0 cm³/mol. The molecule has 5 heteroatoms. The van der Waals surface area contributed by atoms with Crippen LogP contribution >= 0.6 is 0 Å². The summed E-state index contributed by atoms with van der Waals surface area (Å²) >= 11 is 0. The summed E-state index contributed by atoms with van der Waals surface area (Å²) in [7, 11) is 5.56. The van der Waals surface area contributed by atoms with Crippen molar-refractivity contribution in [1.82, 2.24) is 5.32 Å². The molecule has 0 spiro atoms. The maximum Gasteiger partial charge on any atom is 0.323 e. The Labute approximate surface area is 114 Å². The summed E-state index contributed by atoms with van der Waals surface area (Å²) in [6.07, 6.45) is 0.394. The molecule has 1 rings (SSSR count). The first-order chi connectivity index (χ1) is 8.89. The highest BCUT2D eigenvalue weighted by molar-refractivity contribution is 5.78. The van der Waals surface area contributed by atoms with Gasteiger partial charge in [-0.1, -0.05) is 6.07 Å². The molecule has 0 saturated heterocycles. The molecular formula is C14H22N2O3. The topological polar surface area (TPSA) is 61.8 Å². The van der Waals surface area contributed by atoms with Crippen LogP contribution < -0.4 is 15.0 Å². The van der Waals surface area contributed by atoms with Crippen molar-refractivity contribution in [3.63, 3.8) is 0 Å². The van der Waals surface area contributed by atoms with E-state index in [1.165, 1.54) is 0 Å². The van der Waals surface area contributed by atoms with Crippen LogP contribution in [0, 0.1) is 0 Å². The van der Waals surface area contributed by atoms with Crippen LogP contribution in [0.3, 0.4) is 0 Å². The van der Waals surface area contributed by atoms with Gasteiger partial charge in [-0.25, -0.2) is 0 Å². The third-order valence-corrected chi connectivity index (χ3v) is 3.23. The molecule has 1 aromatic rings.